The van der Waals surface area contributed by atoms with Crippen LogP contribution in [0.4, 0.5) is 11.4 Å². The smallest absolute Gasteiger partial charge is 0.262 e. The minimum atomic E-state index is -0.291. The highest BCUT2D eigenvalue weighted by Gasteiger charge is 2.08. The van der Waals surface area contributed by atoms with Crippen LogP contribution in [0.25, 0.3) is 0 Å². The molecule has 0 atom stereocenters. The molecule has 0 aliphatic heterocycles. The Kier molecular flexibility index (Phi) is 5.95. The molecule has 2 aromatic rings. The predicted molar refractivity (Wildman–Crippen MR) is 95.4 cm³/mol. The largest absolute Gasteiger partial charge is 0.484 e. The quantitative estimate of drug-likeness (QED) is 0.849. The van der Waals surface area contributed by atoms with Gasteiger partial charge in [-0.15, -0.1) is 0 Å². The van der Waals surface area contributed by atoms with Gasteiger partial charge in [0.2, 0.25) is 5.91 Å². The number of carbonyl (C=O) groups excluding carboxylic acids is 2. The zero-order chi connectivity index (χ0) is 17.5. The molecule has 0 aromatic heterocycles. The molecule has 0 unspecified atom stereocenters. The Morgan fingerprint density at radius 3 is 2.08 bits per heavy atom. The fourth-order valence-corrected chi connectivity index (χ4v) is 2.17. The van der Waals surface area contributed by atoms with Gasteiger partial charge in [0.25, 0.3) is 5.91 Å². The molecule has 0 fully saturated rings. The van der Waals surface area contributed by atoms with Crippen molar-refractivity contribution in [2.45, 2.75) is 26.7 Å². The third kappa shape index (κ3) is 5.12. The van der Waals surface area contributed by atoms with Crippen LogP contribution in [0.3, 0.4) is 0 Å². The molecular formula is C19H22N2O3. The van der Waals surface area contributed by atoms with Crippen LogP contribution in [-0.4, -0.2) is 18.4 Å². The van der Waals surface area contributed by atoms with E-state index in [2.05, 4.69) is 24.5 Å². The van der Waals surface area contributed by atoms with E-state index in [0.717, 1.165) is 0 Å². The summed E-state index contributed by atoms with van der Waals surface area (Å²) in [7, 11) is 0. The number of para-hydroxylation sites is 2. The number of benzene rings is 2. The highest BCUT2D eigenvalue weighted by molar-refractivity contribution is 5.99. The fourth-order valence-electron chi connectivity index (χ4n) is 2.17. The van der Waals surface area contributed by atoms with Crippen molar-refractivity contribution in [3.8, 4) is 5.75 Å². The molecule has 0 heterocycles. The van der Waals surface area contributed by atoms with Crippen molar-refractivity contribution in [3.05, 3.63) is 54.1 Å². The average Bonchev–Trinajstić information content (AvgIpc) is 2.54. The minimum Gasteiger partial charge on any atom is -0.484 e. The number of ether oxygens (including phenoxy) is 1. The van der Waals surface area contributed by atoms with Crippen molar-refractivity contribution >= 4 is 23.2 Å². The number of hydrogen-bond acceptors (Lipinski definition) is 3. The second-order valence-electron chi connectivity index (χ2n) is 5.79. The summed E-state index contributed by atoms with van der Waals surface area (Å²) < 4.78 is 5.50. The molecule has 2 N–H and O–H groups in total. The molecule has 0 radical (unpaired) electrons. The molecule has 0 saturated heterocycles. The Hall–Kier alpha value is -2.82. The van der Waals surface area contributed by atoms with Crippen molar-refractivity contribution in [2.24, 2.45) is 0 Å². The van der Waals surface area contributed by atoms with Crippen LogP contribution in [0.5, 0.6) is 5.75 Å². The second-order valence-corrected chi connectivity index (χ2v) is 5.79. The molecule has 126 valence electrons. The Bertz CT molecular complexity index is 709. The lowest BCUT2D eigenvalue weighted by molar-refractivity contribution is -0.118. The Morgan fingerprint density at radius 1 is 0.958 bits per heavy atom. The summed E-state index contributed by atoms with van der Waals surface area (Å²) in [5.74, 6) is 0.608. The summed E-state index contributed by atoms with van der Waals surface area (Å²) in [4.78, 5) is 23.2. The van der Waals surface area contributed by atoms with Crippen molar-refractivity contribution in [1.82, 2.24) is 0 Å². The summed E-state index contributed by atoms with van der Waals surface area (Å²) in [6, 6.07) is 14.7. The Morgan fingerprint density at radius 2 is 1.54 bits per heavy atom. The van der Waals surface area contributed by atoms with Crippen LogP contribution in [0.1, 0.15) is 32.3 Å². The van der Waals surface area contributed by atoms with Gasteiger partial charge >= 0.3 is 0 Å². The molecule has 0 bridgehead atoms. The molecule has 24 heavy (non-hydrogen) atoms. The van der Waals surface area contributed by atoms with Gasteiger partial charge in [0.05, 0.1) is 11.4 Å². The molecule has 0 aliphatic carbocycles. The Balaban J connectivity index is 1.93. The molecule has 2 rings (SSSR count). The van der Waals surface area contributed by atoms with E-state index in [4.69, 9.17) is 4.74 Å². The monoisotopic (exact) mass is 326 g/mol. The number of amides is 2. The number of hydrogen-bond donors (Lipinski definition) is 2. The summed E-state index contributed by atoms with van der Waals surface area (Å²) >= 11 is 0. The van der Waals surface area contributed by atoms with Gasteiger partial charge in [0.1, 0.15) is 5.75 Å². The standard InChI is InChI=1S/C19H22N2O3/c1-13(2)15-8-10-16(11-9-15)24-12-19(23)21-18-7-5-4-6-17(18)20-14(3)22/h4-11,13H,12H2,1-3H3,(H,20,22)(H,21,23). The summed E-state index contributed by atoms with van der Waals surface area (Å²) in [6.45, 7) is 5.56. The molecule has 5 heteroatoms. The zero-order valence-corrected chi connectivity index (χ0v) is 14.1. The van der Waals surface area contributed by atoms with Crippen molar-refractivity contribution < 1.29 is 14.3 Å². The first kappa shape index (κ1) is 17.5. The van der Waals surface area contributed by atoms with Crippen molar-refractivity contribution in [3.63, 3.8) is 0 Å². The van der Waals surface area contributed by atoms with Gasteiger partial charge in [-0.2, -0.15) is 0 Å². The maximum atomic E-state index is 12.1. The number of carbonyl (C=O) groups is 2. The van der Waals surface area contributed by atoms with Gasteiger partial charge in [-0.25, -0.2) is 0 Å². The molecule has 0 aliphatic rings. The topological polar surface area (TPSA) is 67.4 Å². The maximum Gasteiger partial charge on any atom is 0.262 e. The molecular weight excluding hydrogens is 304 g/mol. The van der Waals surface area contributed by atoms with Crippen LogP contribution in [0.2, 0.25) is 0 Å². The van der Waals surface area contributed by atoms with Crippen LogP contribution in [0.15, 0.2) is 48.5 Å². The molecule has 2 amide bonds. The summed E-state index contributed by atoms with van der Waals surface area (Å²) in [6.07, 6.45) is 0. The average molecular weight is 326 g/mol. The predicted octanol–water partition coefficient (Wildman–Crippen LogP) is 3.79. The van der Waals surface area contributed by atoms with E-state index < -0.39 is 0 Å². The van der Waals surface area contributed by atoms with E-state index >= 15 is 0 Å². The van der Waals surface area contributed by atoms with E-state index in [-0.39, 0.29) is 18.4 Å². The lowest BCUT2D eigenvalue weighted by Gasteiger charge is -2.12. The molecule has 5 nitrogen and oxygen atoms in total. The first-order valence-corrected chi connectivity index (χ1v) is 7.85. The van der Waals surface area contributed by atoms with Gasteiger partial charge in [-0.3, -0.25) is 9.59 Å². The second kappa shape index (κ2) is 8.15. The van der Waals surface area contributed by atoms with Gasteiger partial charge < -0.3 is 15.4 Å². The Labute approximate surface area is 142 Å². The van der Waals surface area contributed by atoms with E-state index in [9.17, 15) is 9.59 Å². The van der Waals surface area contributed by atoms with Crippen LogP contribution >= 0.6 is 0 Å². The maximum absolute atomic E-state index is 12.1. The fraction of sp³-hybridized carbons (Fsp3) is 0.263. The molecule has 2 aromatic carbocycles. The lowest BCUT2D eigenvalue weighted by atomic mass is 10.0. The van der Waals surface area contributed by atoms with E-state index in [1.807, 2.05) is 24.3 Å². The zero-order valence-electron chi connectivity index (χ0n) is 14.1. The van der Waals surface area contributed by atoms with E-state index in [1.54, 1.807) is 24.3 Å². The van der Waals surface area contributed by atoms with Crippen LogP contribution in [-0.2, 0) is 9.59 Å². The SMILES string of the molecule is CC(=O)Nc1ccccc1NC(=O)COc1ccc(C(C)C)cc1. The normalized spacial score (nSPS) is 10.3. The van der Waals surface area contributed by atoms with Crippen LogP contribution < -0.4 is 15.4 Å². The van der Waals surface area contributed by atoms with Crippen LogP contribution in [0, 0.1) is 0 Å². The summed E-state index contributed by atoms with van der Waals surface area (Å²) in [5, 5.41) is 5.41. The van der Waals surface area contributed by atoms with Crippen molar-refractivity contribution in [2.75, 3.05) is 17.2 Å². The highest BCUT2D eigenvalue weighted by atomic mass is 16.5. The number of anilines is 2. The van der Waals surface area contributed by atoms with Gasteiger partial charge in [0, 0.05) is 6.92 Å². The number of nitrogens with one attached hydrogen (secondary N) is 2. The molecule has 0 saturated carbocycles. The first-order valence-electron chi connectivity index (χ1n) is 7.85. The lowest BCUT2D eigenvalue weighted by Crippen LogP contribution is -2.21. The third-order valence-electron chi connectivity index (χ3n) is 3.43. The number of rotatable bonds is 6. The third-order valence-corrected chi connectivity index (χ3v) is 3.43. The first-order chi connectivity index (χ1) is 11.5. The van der Waals surface area contributed by atoms with Gasteiger partial charge in [0.15, 0.2) is 6.61 Å². The van der Waals surface area contributed by atoms with Gasteiger partial charge in [-0.05, 0) is 35.7 Å². The minimum absolute atomic E-state index is 0.102. The van der Waals surface area contributed by atoms with E-state index in [0.29, 0.717) is 23.0 Å². The summed E-state index contributed by atoms with van der Waals surface area (Å²) in [5.41, 5.74) is 2.31. The highest BCUT2D eigenvalue weighted by Crippen LogP contribution is 2.21. The molecule has 0 spiro atoms. The van der Waals surface area contributed by atoms with E-state index in [1.165, 1.54) is 12.5 Å². The van der Waals surface area contributed by atoms with Crippen molar-refractivity contribution in [1.29, 1.82) is 0 Å². The van der Waals surface area contributed by atoms with Gasteiger partial charge in [-0.1, -0.05) is 38.1 Å².